The van der Waals surface area contributed by atoms with Crippen LogP contribution in [0, 0.1) is 0 Å². The monoisotopic (exact) mass is 318 g/mol. The average Bonchev–Trinajstić information content (AvgIpc) is 2.85. The lowest BCUT2D eigenvalue weighted by Crippen LogP contribution is -2.48. The summed E-state index contributed by atoms with van der Waals surface area (Å²) >= 11 is 1.39. The molecule has 7 heteroatoms. The van der Waals surface area contributed by atoms with E-state index in [-0.39, 0.29) is 11.7 Å². The zero-order valence-electron chi connectivity index (χ0n) is 12.6. The van der Waals surface area contributed by atoms with Crippen LogP contribution in [-0.4, -0.2) is 47.8 Å². The number of nitrogen functional groups attached to an aromatic ring is 1. The van der Waals surface area contributed by atoms with Crippen LogP contribution in [0.2, 0.25) is 0 Å². The van der Waals surface area contributed by atoms with E-state index in [4.69, 9.17) is 5.73 Å². The smallest absolute Gasteiger partial charge is 0.219 e. The summed E-state index contributed by atoms with van der Waals surface area (Å²) in [5, 5.41) is 0.904. The highest BCUT2D eigenvalue weighted by Gasteiger charge is 2.23. The third-order valence-electron chi connectivity index (χ3n) is 4.00. The van der Waals surface area contributed by atoms with E-state index in [2.05, 4.69) is 9.88 Å². The van der Waals surface area contributed by atoms with Crippen LogP contribution in [0.15, 0.2) is 12.4 Å². The zero-order chi connectivity index (χ0) is 15.9. The number of rotatable bonds is 2. The Morgan fingerprint density at radius 3 is 2.45 bits per heavy atom. The molecule has 0 aliphatic carbocycles. The van der Waals surface area contributed by atoms with Crippen LogP contribution in [0.5, 0.6) is 0 Å². The Bertz CT molecular complexity index is 747. The second-order valence-corrected chi connectivity index (χ2v) is 6.48. The maximum absolute atomic E-state index is 11.7. The zero-order valence-corrected chi connectivity index (χ0v) is 13.4. The van der Waals surface area contributed by atoms with Gasteiger partial charge in [0.1, 0.15) is 0 Å². The van der Waals surface area contributed by atoms with E-state index in [1.54, 1.807) is 19.3 Å². The molecule has 1 fully saturated rings. The number of carbonyl (C=O) groups is 2. The molecule has 2 aromatic rings. The predicted octanol–water partition coefficient (Wildman–Crippen LogP) is 1.75. The van der Waals surface area contributed by atoms with E-state index in [9.17, 15) is 9.59 Å². The molecular weight excluding hydrogens is 300 g/mol. The molecule has 3 rings (SSSR count). The van der Waals surface area contributed by atoms with Gasteiger partial charge in [-0.25, -0.2) is 0 Å². The molecule has 2 aromatic heterocycles. The summed E-state index contributed by atoms with van der Waals surface area (Å²) in [5.74, 6) is 0.0796. The molecule has 1 saturated heterocycles. The Balaban J connectivity index is 1.98. The van der Waals surface area contributed by atoms with Crippen LogP contribution in [0.3, 0.4) is 0 Å². The summed E-state index contributed by atoms with van der Waals surface area (Å²) in [4.78, 5) is 32.0. The molecule has 1 aliphatic rings. The number of piperazine rings is 1. The van der Waals surface area contributed by atoms with Crippen molar-refractivity contribution in [3.05, 3.63) is 17.3 Å². The SMILES string of the molecule is CC(=O)c1sc2cncc(N3CCN(C(C)=O)CC3)c2c1N. The van der Waals surface area contributed by atoms with Gasteiger partial charge in [0.2, 0.25) is 5.91 Å². The quantitative estimate of drug-likeness (QED) is 0.853. The number of fused-ring (bicyclic) bond motifs is 1. The number of pyridine rings is 1. The first-order valence-corrected chi connectivity index (χ1v) is 7.98. The van der Waals surface area contributed by atoms with E-state index in [1.807, 2.05) is 4.90 Å². The molecule has 22 heavy (non-hydrogen) atoms. The number of Topliss-reactive ketones (excluding diaryl/α,β-unsaturated/α-hetero) is 1. The Labute approximate surface area is 132 Å². The van der Waals surface area contributed by atoms with Crippen molar-refractivity contribution >= 4 is 44.5 Å². The Morgan fingerprint density at radius 2 is 1.86 bits per heavy atom. The summed E-state index contributed by atoms with van der Waals surface area (Å²) in [6, 6.07) is 0. The molecule has 0 atom stereocenters. The molecule has 0 unspecified atom stereocenters. The summed E-state index contributed by atoms with van der Waals surface area (Å²) in [6.45, 7) is 5.98. The first kappa shape index (κ1) is 14.8. The molecular formula is C15H18N4O2S. The molecule has 0 aromatic carbocycles. The lowest BCUT2D eigenvalue weighted by atomic mass is 10.1. The van der Waals surface area contributed by atoms with E-state index in [0.717, 1.165) is 28.9 Å². The Hall–Kier alpha value is -2.15. The number of carbonyl (C=O) groups excluding carboxylic acids is 2. The van der Waals surface area contributed by atoms with Crippen LogP contribution in [0.4, 0.5) is 11.4 Å². The van der Waals surface area contributed by atoms with Gasteiger partial charge >= 0.3 is 0 Å². The molecule has 1 aliphatic heterocycles. The number of hydrogen-bond acceptors (Lipinski definition) is 6. The van der Waals surface area contributed by atoms with Gasteiger partial charge in [-0.15, -0.1) is 11.3 Å². The number of ketones is 1. The van der Waals surface area contributed by atoms with E-state index >= 15 is 0 Å². The first-order valence-electron chi connectivity index (χ1n) is 7.16. The van der Waals surface area contributed by atoms with Crippen molar-refractivity contribution in [1.82, 2.24) is 9.88 Å². The number of aromatic nitrogens is 1. The van der Waals surface area contributed by atoms with Gasteiger partial charge in [0.25, 0.3) is 0 Å². The van der Waals surface area contributed by atoms with Gasteiger partial charge < -0.3 is 15.5 Å². The van der Waals surface area contributed by atoms with Crippen molar-refractivity contribution in [3.8, 4) is 0 Å². The lowest BCUT2D eigenvalue weighted by molar-refractivity contribution is -0.129. The predicted molar refractivity (Wildman–Crippen MR) is 88.5 cm³/mol. The van der Waals surface area contributed by atoms with Gasteiger partial charge in [-0.1, -0.05) is 0 Å². The van der Waals surface area contributed by atoms with Gasteiger partial charge in [-0.2, -0.15) is 0 Å². The van der Waals surface area contributed by atoms with Gasteiger partial charge in [0.05, 0.1) is 27.1 Å². The first-order chi connectivity index (χ1) is 10.5. The van der Waals surface area contributed by atoms with Crippen molar-refractivity contribution in [3.63, 3.8) is 0 Å². The second kappa shape index (κ2) is 5.57. The van der Waals surface area contributed by atoms with Crippen LogP contribution in [0.1, 0.15) is 23.5 Å². The number of anilines is 2. The van der Waals surface area contributed by atoms with Crippen molar-refractivity contribution in [2.75, 3.05) is 36.8 Å². The van der Waals surface area contributed by atoms with Gasteiger partial charge in [-0.3, -0.25) is 14.6 Å². The Kier molecular flexibility index (Phi) is 3.74. The van der Waals surface area contributed by atoms with E-state index in [0.29, 0.717) is 23.7 Å². The summed E-state index contributed by atoms with van der Waals surface area (Å²) < 4.78 is 0.925. The second-order valence-electron chi connectivity index (χ2n) is 5.43. The maximum atomic E-state index is 11.7. The van der Waals surface area contributed by atoms with Crippen LogP contribution < -0.4 is 10.6 Å². The minimum absolute atomic E-state index is 0.0222. The van der Waals surface area contributed by atoms with Crippen LogP contribution in [0.25, 0.3) is 10.1 Å². The molecule has 6 nitrogen and oxygen atoms in total. The van der Waals surface area contributed by atoms with Crippen LogP contribution in [-0.2, 0) is 4.79 Å². The summed E-state index contributed by atoms with van der Waals surface area (Å²) in [7, 11) is 0. The van der Waals surface area contributed by atoms with Gasteiger partial charge in [0.15, 0.2) is 5.78 Å². The average molecular weight is 318 g/mol. The number of nitrogens with two attached hydrogens (primary N) is 1. The lowest BCUT2D eigenvalue weighted by Gasteiger charge is -2.35. The van der Waals surface area contributed by atoms with Crippen molar-refractivity contribution in [2.24, 2.45) is 0 Å². The minimum atomic E-state index is -0.0222. The summed E-state index contributed by atoms with van der Waals surface area (Å²) in [5.41, 5.74) is 7.68. The Morgan fingerprint density at radius 1 is 1.18 bits per heavy atom. The van der Waals surface area contributed by atoms with Crippen molar-refractivity contribution in [2.45, 2.75) is 13.8 Å². The fourth-order valence-corrected chi connectivity index (χ4v) is 3.83. The van der Waals surface area contributed by atoms with Crippen molar-refractivity contribution in [1.29, 1.82) is 0 Å². The van der Waals surface area contributed by atoms with Gasteiger partial charge in [0, 0.05) is 51.6 Å². The molecule has 2 N–H and O–H groups in total. The van der Waals surface area contributed by atoms with Crippen molar-refractivity contribution < 1.29 is 9.59 Å². The standard InChI is InChI=1S/C15H18N4O2S/c1-9(20)15-14(16)13-11(7-17-8-12(13)22-15)19-5-3-18(4-6-19)10(2)21/h7-8H,3-6,16H2,1-2H3. The van der Waals surface area contributed by atoms with Crippen LogP contribution >= 0.6 is 11.3 Å². The summed E-state index contributed by atoms with van der Waals surface area (Å²) in [6.07, 6.45) is 3.54. The number of thiophene rings is 1. The third kappa shape index (κ3) is 2.41. The fraction of sp³-hybridized carbons (Fsp3) is 0.400. The maximum Gasteiger partial charge on any atom is 0.219 e. The highest BCUT2D eigenvalue weighted by atomic mass is 32.1. The van der Waals surface area contributed by atoms with E-state index in [1.165, 1.54) is 18.3 Å². The highest BCUT2D eigenvalue weighted by molar-refractivity contribution is 7.21. The normalized spacial score (nSPS) is 15.4. The molecule has 0 bridgehead atoms. The number of amides is 1. The fourth-order valence-electron chi connectivity index (χ4n) is 2.82. The molecule has 1 amide bonds. The minimum Gasteiger partial charge on any atom is -0.397 e. The molecule has 3 heterocycles. The molecule has 0 radical (unpaired) electrons. The number of nitrogens with zero attached hydrogens (tertiary/aromatic N) is 3. The largest absolute Gasteiger partial charge is 0.397 e. The molecule has 0 saturated carbocycles. The van der Waals surface area contributed by atoms with Gasteiger partial charge in [-0.05, 0) is 0 Å². The molecule has 0 spiro atoms. The third-order valence-corrected chi connectivity index (χ3v) is 5.24. The highest BCUT2D eigenvalue weighted by Crippen LogP contribution is 2.39. The molecule has 116 valence electrons. The topological polar surface area (TPSA) is 79.5 Å². The van der Waals surface area contributed by atoms with E-state index < -0.39 is 0 Å². The number of hydrogen-bond donors (Lipinski definition) is 1.